The van der Waals surface area contributed by atoms with E-state index in [2.05, 4.69) is 4.72 Å². The van der Waals surface area contributed by atoms with Crippen LogP contribution in [0.1, 0.15) is 31.4 Å². The molecular formula is C13H20N2O2S. The Hall–Kier alpha value is -0.910. The first-order chi connectivity index (χ1) is 8.47. The van der Waals surface area contributed by atoms with E-state index < -0.39 is 10.0 Å². The van der Waals surface area contributed by atoms with Crippen LogP contribution in [0.2, 0.25) is 0 Å². The van der Waals surface area contributed by atoms with Gasteiger partial charge in [-0.25, -0.2) is 13.1 Å². The Balaban J connectivity index is 2.35. The highest BCUT2D eigenvalue weighted by Gasteiger charge is 2.36. The smallest absolute Gasteiger partial charge is 0.241 e. The third-order valence-corrected chi connectivity index (χ3v) is 5.03. The van der Waals surface area contributed by atoms with Crippen molar-refractivity contribution in [2.45, 2.75) is 44.2 Å². The second-order valence-electron chi connectivity index (χ2n) is 4.94. The third-order valence-electron chi connectivity index (χ3n) is 3.45. The fourth-order valence-electron chi connectivity index (χ4n) is 2.02. The molecule has 1 aromatic carbocycles. The van der Waals surface area contributed by atoms with Gasteiger partial charge in [0, 0.05) is 12.6 Å². The van der Waals surface area contributed by atoms with Gasteiger partial charge in [-0.1, -0.05) is 26.0 Å². The fourth-order valence-corrected chi connectivity index (χ4v) is 3.74. The molecular weight excluding hydrogens is 248 g/mol. The molecule has 0 bridgehead atoms. The predicted molar refractivity (Wildman–Crippen MR) is 71.6 cm³/mol. The van der Waals surface area contributed by atoms with Gasteiger partial charge in [0.2, 0.25) is 10.0 Å². The first-order valence-corrected chi connectivity index (χ1v) is 7.80. The van der Waals surface area contributed by atoms with Crippen LogP contribution < -0.4 is 10.5 Å². The molecule has 0 aromatic heterocycles. The Labute approximate surface area is 109 Å². The highest BCUT2D eigenvalue weighted by Crippen LogP contribution is 2.31. The quantitative estimate of drug-likeness (QED) is 0.847. The van der Waals surface area contributed by atoms with Crippen molar-refractivity contribution in [3.63, 3.8) is 0 Å². The van der Waals surface area contributed by atoms with Gasteiger partial charge >= 0.3 is 0 Å². The zero-order chi connectivity index (χ0) is 13.3. The Kier molecular flexibility index (Phi) is 3.75. The highest BCUT2D eigenvalue weighted by atomic mass is 32.2. The average molecular weight is 268 g/mol. The Bertz CT molecular complexity index is 540. The van der Waals surface area contributed by atoms with Crippen molar-refractivity contribution in [2.75, 3.05) is 0 Å². The average Bonchev–Trinajstić information content (AvgIpc) is 3.03. The lowest BCUT2D eigenvalue weighted by Crippen LogP contribution is -2.28. The minimum Gasteiger partial charge on any atom is -0.326 e. The Morgan fingerprint density at radius 2 is 2.11 bits per heavy atom. The zero-order valence-corrected chi connectivity index (χ0v) is 11.6. The van der Waals surface area contributed by atoms with Crippen LogP contribution >= 0.6 is 0 Å². The van der Waals surface area contributed by atoms with Gasteiger partial charge in [-0.15, -0.1) is 0 Å². The molecule has 1 aromatic rings. The highest BCUT2D eigenvalue weighted by molar-refractivity contribution is 7.89. The predicted octanol–water partition coefficient (Wildman–Crippen LogP) is 1.39. The van der Waals surface area contributed by atoms with Gasteiger partial charge in [0.25, 0.3) is 0 Å². The number of hydrogen-bond acceptors (Lipinski definition) is 3. The molecule has 0 aliphatic heterocycles. The maximum absolute atomic E-state index is 12.3. The van der Waals surface area contributed by atoms with Crippen LogP contribution in [-0.4, -0.2) is 14.5 Å². The SMILES string of the molecule is CCc1ccc(CN)cc1S(=O)(=O)NC1CC1C. The molecule has 0 heterocycles. The van der Waals surface area contributed by atoms with Crippen LogP contribution in [0.25, 0.3) is 0 Å². The van der Waals surface area contributed by atoms with Gasteiger partial charge in [-0.05, 0) is 36.0 Å². The summed E-state index contributed by atoms with van der Waals surface area (Å²) < 4.78 is 27.4. The molecule has 4 nitrogen and oxygen atoms in total. The van der Waals surface area contributed by atoms with Crippen molar-refractivity contribution < 1.29 is 8.42 Å². The van der Waals surface area contributed by atoms with Crippen molar-refractivity contribution in [3.05, 3.63) is 29.3 Å². The lowest BCUT2D eigenvalue weighted by molar-refractivity contribution is 0.577. The molecule has 1 fully saturated rings. The van der Waals surface area contributed by atoms with E-state index in [-0.39, 0.29) is 6.04 Å². The molecule has 2 rings (SSSR count). The van der Waals surface area contributed by atoms with E-state index >= 15 is 0 Å². The van der Waals surface area contributed by atoms with E-state index in [9.17, 15) is 8.42 Å². The number of hydrogen-bond donors (Lipinski definition) is 2. The topological polar surface area (TPSA) is 72.2 Å². The Morgan fingerprint density at radius 3 is 2.61 bits per heavy atom. The molecule has 1 aliphatic rings. The molecule has 100 valence electrons. The molecule has 1 saturated carbocycles. The maximum Gasteiger partial charge on any atom is 0.241 e. The van der Waals surface area contributed by atoms with Crippen molar-refractivity contribution in [1.82, 2.24) is 4.72 Å². The van der Waals surface area contributed by atoms with Crippen LogP contribution in [0.3, 0.4) is 0 Å². The lowest BCUT2D eigenvalue weighted by Gasteiger charge is -2.11. The minimum atomic E-state index is -3.41. The van der Waals surface area contributed by atoms with Crippen LogP contribution in [0.4, 0.5) is 0 Å². The summed E-state index contributed by atoms with van der Waals surface area (Å²) in [5, 5.41) is 0. The molecule has 3 N–H and O–H groups in total. The van der Waals surface area contributed by atoms with E-state index in [1.54, 1.807) is 6.07 Å². The summed E-state index contributed by atoms with van der Waals surface area (Å²) >= 11 is 0. The molecule has 0 spiro atoms. The number of sulfonamides is 1. The summed E-state index contributed by atoms with van der Waals surface area (Å²) in [5.41, 5.74) is 7.26. The molecule has 0 radical (unpaired) electrons. The first kappa shape index (κ1) is 13.5. The molecule has 0 amide bonds. The van der Waals surface area contributed by atoms with Crippen molar-refractivity contribution in [2.24, 2.45) is 11.7 Å². The number of nitrogens with one attached hydrogen (secondary N) is 1. The molecule has 5 heteroatoms. The van der Waals surface area contributed by atoms with E-state index in [4.69, 9.17) is 5.73 Å². The van der Waals surface area contributed by atoms with Crippen LogP contribution in [0.5, 0.6) is 0 Å². The number of benzene rings is 1. The van der Waals surface area contributed by atoms with Gasteiger partial charge in [0.1, 0.15) is 0 Å². The summed E-state index contributed by atoms with van der Waals surface area (Å²) in [6, 6.07) is 5.53. The number of aryl methyl sites for hydroxylation is 1. The molecule has 2 atom stereocenters. The summed E-state index contributed by atoms with van der Waals surface area (Å²) in [5.74, 6) is 0.447. The van der Waals surface area contributed by atoms with Crippen LogP contribution in [-0.2, 0) is 23.0 Å². The minimum absolute atomic E-state index is 0.0984. The standard InChI is InChI=1S/C13H20N2O2S/c1-3-11-5-4-10(8-14)7-13(11)18(16,17)15-12-6-9(12)2/h4-5,7,9,12,15H,3,6,8,14H2,1-2H3. The Morgan fingerprint density at radius 1 is 1.44 bits per heavy atom. The largest absolute Gasteiger partial charge is 0.326 e. The summed E-state index contributed by atoms with van der Waals surface area (Å²) in [4.78, 5) is 0.382. The van der Waals surface area contributed by atoms with Gasteiger partial charge in [0.15, 0.2) is 0 Å². The first-order valence-electron chi connectivity index (χ1n) is 6.32. The lowest BCUT2D eigenvalue weighted by atomic mass is 10.1. The van der Waals surface area contributed by atoms with Gasteiger partial charge < -0.3 is 5.73 Å². The second kappa shape index (κ2) is 4.99. The molecule has 0 saturated heterocycles. The second-order valence-corrected chi connectivity index (χ2v) is 6.62. The van der Waals surface area contributed by atoms with Crippen molar-refractivity contribution in [1.29, 1.82) is 0 Å². The van der Waals surface area contributed by atoms with E-state index in [1.807, 2.05) is 26.0 Å². The summed E-state index contributed by atoms with van der Waals surface area (Å²) in [6.45, 7) is 4.35. The van der Waals surface area contributed by atoms with Crippen LogP contribution in [0.15, 0.2) is 23.1 Å². The molecule has 18 heavy (non-hydrogen) atoms. The van der Waals surface area contributed by atoms with Gasteiger partial charge in [-0.2, -0.15) is 0 Å². The molecule has 1 aliphatic carbocycles. The number of rotatable bonds is 5. The van der Waals surface area contributed by atoms with E-state index in [0.29, 0.717) is 23.8 Å². The van der Waals surface area contributed by atoms with Crippen molar-refractivity contribution >= 4 is 10.0 Å². The third kappa shape index (κ3) is 2.74. The maximum atomic E-state index is 12.3. The van der Waals surface area contributed by atoms with E-state index in [1.165, 1.54) is 0 Å². The zero-order valence-electron chi connectivity index (χ0n) is 10.8. The summed E-state index contributed by atoms with van der Waals surface area (Å²) in [6.07, 6.45) is 1.62. The fraction of sp³-hybridized carbons (Fsp3) is 0.538. The normalized spacial score (nSPS) is 23.1. The van der Waals surface area contributed by atoms with Crippen molar-refractivity contribution in [3.8, 4) is 0 Å². The summed E-state index contributed by atoms with van der Waals surface area (Å²) in [7, 11) is -3.41. The van der Waals surface area contributed by atoms with Crippen LogP contribution in [0, 0.1) is 5.92 Å². The van der Waals surface area contributed by atoms with Gasteiger partial charge in [-0.3, -0.25) is 0 Å². The van der Waals surface area contributed by atoms with Gasteiger partial charge in [0.05, 0.1) is 4.90 Å². The van der Waals surface area contributed by atoms with E-state index in [0.717, 1.165) is 17.5 Å². The molecule has 2 unspecified atom stereocenters. The number of nitrogens with two attached hydrogens (primary N) is 1. The monoisotopic (exact) mass is 268 g/mol.